The zero-order valence-electron chi connectivity index (χ0n) is 15.0. The van der Waals surface area contributed by atoms with Gasteiger partial charge >= 0.3 is 12.4 Å². The Morgan fingerprint density at radius 3 is 2.07 bits per heavy atom. The molecule has 1 aliphatic rings. The third kappa shape index (κ3) is 5.29. The molecular formula is C20H17F6NO2. The van der Waals surface area contributed by atoms with E-state index < -0.39 is 35.6 Å². The molecule has 2 aromatic carbocycles. The summed E-state index contributed by atoms with van der Waals surface area (Å²) in [6.07, 6.45) is -10.3. The summed E-state index contributed by atoms with van der Waals surface area (Å²) in [7, 11) is 0. The largest absolute Gasteiger partial charge is 0.416 e. The summed E-state index contributed by atoms with van der Waals surface area (Å²) in [5.41, 5.74) is -2.05. The van der Waals surface area contributed by atoms with E-state index >= 15 is 0 Å². The molecule has 2 atom stereocenters. The van der Waals surface area contributed by atoms with Crippen molar-refractivity contribution in [1.29, 1.82) is 0 Å². The standard InChI is InChI=1S/C20H17F6NO2/c21-19(22,23)14-8-12(9-15(10-14)20(24,25)26)6-7-16-18(27-17(28)11-29-16)13-4-2-1-3-5-13/h1-5,8-10,16,18H,6-7,11H2,(H,27,28). The Morgan fingerprint density at radius 1 is 0.931 bits per heavy atom. The van der Waals surface area contributed by atoms with Crippen molar-refractivity contribution >= 4 is 5.91 Å². The van der Waals surface area contributed by atoms with Crippen molar-refractivity contribution in [2.75, 3.05) is 6.61 Å². The number of morpholine rings is 1. The van der Waals surface area contributed by atoms with Gasteiger partial charge in [-0.05, 0) is 42.2 Å². The summed E-state index contributed by atoms with van der Waals surface area (Å²) < 4.78 is 83.6. The number of hydrogen-bond acceptors (Lipinski definition) is 2. The van der Waals surface area contributed by atoms with E-state index in [1.807, 2.05) is 0 Å². The van der Waals surface area contributed by atoms with E-state index in [9.17, 15) is 31.1 Å². The second kappa shape index (κ2) is 8.06. The van der Waals surface area contributed by atoms with Crippen LogP contribution in [0.1, 0.15) is 34.7 Å². The number of nitrogens with one attached hydrogen (secondary N) is 1. The van der Waals surface area contributed by atoms with Crippen molar-refractivity contribution in [1.82, 2.24) is 5.32 Å². The molecule has 2 unspecified atom stereocenters. The van der Waals surface area contributed by atoms with Crippen LogP contribution >= 0.6 is 0 Å². The Kier molecular flexibility index (Phi) is 5.88. The van der Waals surface area contributed by atoms with Crippen molar-refractivity contribution in [3.63, 3.8) is 0 Å². The van der Waals surface area contributed by atoms with Crippen molar-refractivity contribution in [3.05, 3.63) is 70.8 Å². The van der Waals surface area contributed by atoms with Crippen molar-refractivity contribution in [3.8, 4) is 0 Å². The third-order valence-corrected chi connectivity index (χ3v) is 4.64. The molecule has 0 spiro atoms. The first-order valence-electron chi connectivity index (χ1n) is 8.78. The van der Waals surface area contributed by atoms with Gasteiger partial charge < -0.3 is 10.1 Å². The molecule has 3 rings (SSSR count). The van der Waals surface area contributed by atoms with Crippen LogP contribution in [0, 0.1) is 0 Å². The second-order valence-electron chi connectivity index (χ2n) is 6.76. The van der Waals surface area contributed by atoms with Gasteiger partial charge in [-0.1, -0.05) is 30.3 Å². The van der Waals surface area contributed by atoms with Gasteiger partial charge in [-0.25, -0.2) is 0 Å². The highest BCUT2D eigenvalue weighted by Crippen LogP contribution is 2.37. The number of hydrogen-bond donors (Lipinski definition) is 1. The van der Waals surface area contributed by atoms with E-state index in [0.29, 0.717) is 12.1 Å². The van der Waals surface area contributed by atoms with Gasteiger partial charge in [0.05, 0.1) is 23.3 Å². The van der Waals surface area contributed by atoms with Crippen LogP contribution in [0.2, 0.25) is 0 Å². The molecule has 1 amide bonds. The van der Waals surface area contributed by atoms with E-state index in [1.54, 1.807) is 30.3 Å². The molecule has 0 radical (unpaired) electrons. The van der Waals surface area contributed by atoms with Crippen LogP contribution in [0.25, 0.3) is 0 Å². The average molecular weight is 417 g/mol. The quantitative estimate of drug-likeness (QED) is 0.718. The van der Waals surface area contributed by atoms with Crippen molar-refractivity contribution in [2.45, 2.75) is 37.3 Å². The number of ether oxygens (including phenoxy) is 1. The molecule has 0 aliphatic carbocycles. The van der Waals surface area contributed by atoms with E-state index in [0.717, 1.165) is 5.56 Å². The number of amides is 1. The lowest BCUT2D eigenvalue weighted by Crippen LogP contribution is -2.46. The van der Waals surface area contributed by atoms with Gasteiger partial charge in [0.2, 0.25) is 5.91 Å². The SMILES string of the molecule is O=C1COC(CCc2cc(C(F)(F)F)cc(C(F)(F)F)c2)C(c2ccccc2)N1. The number of aryl methyl sites for hydroxylation is 1. The topological polar surface area (TPSA) is 38.3 Å². The highest BCUT2D eigenvalue weighted by molar-refractivity contribution is 5.78. The van der Waals surface area contributed by atoms with Gasteiger partial charge in [0, 0.05) is 0 Å². The van der Waals surface area contributed by atoms with Gasteiger partial charge in [0.25, 0.3) is 0 Å². The molecule has 1 aliphatic heterocycles. The van der Waals surface area contributed by atoms with Gasteiger partial charge in [0.1, 0.15) is 6.61 Å². The lowest BCUT2D eigenvalue weighted by molar-refractivity contribution is -0.143. The maximum absolute atomic E-state index is 13.0. The molecule has 0 saturated carbocycles. The summed E-state index contributed by atoms with van der Waals surface area (Å²) in [5, 5.41) is 2.77. The first-order chi connectivity index (χ1) is 13.5. The van der Waals surface area contributed by atoms with E-state index in [4.69, 9.17) is 4.74 Å². The van der Waals surface area contributed by atoms with Gasteiger partial charge in [-0.15, -0.1) is 0 Å². The summed E-state index contributed by atoms with van der Waals surface area (Å²) >= 11 is 0. The van der Waals surface area contributed by atoms with Crippen LogP contribution in [-0.4, -0.2) is 18.6 Å². The summed E-state index contributed by atoms with van der Waals surface area (Å²) in [5.74, 6) is -0.339. The minimum Gasteiger partial charge on any atom is -0.366 e. The van der Waals surface area contributed by atoms with E-state index in [-0.39, 0.29) is 37.0 Å². The monoisotopic (exact) mass is 417 g/mol. The van der Waals surface area contributed by atoms with Crippen molar-refractivity contribution in [2.24, 2.45) is 0 Å². The number of carbonyl (C=O) groups excluding carboxylic acids is 1. The molecule has 29 heavy (non-hydrogen) atoms. The fraction of sp³-hybridized carbons (Fsp3) is 0.350. The molecular weight excluding hydrogens is 400 g/mol. The number of alkyl halides is 6. The summed E-state index contributed by atoms with van der Waals surface area (Å²) in [4.78, 5) is 11.7. The minimum absolute atomic E-state index is 0.0725. The van der Waals surface area contributed by atoms with E-state index in [2.05, 4.69) is 5.32 Å². The molecule has 2 aromatic rings. The summed E-state index contributed by atoms with van der Waals surface area (Å²) in [6, 6.07) is 9.83. The van der Waals surface area contributed by atoms with Gasteiger partial charge in [0.15, 0.2) is 0 Å². The van der Waals surface area contributed by atoms with Gasteiger partial charge in [-0.3, -0.25) is 4.79 Å². The van der Waals surface area contributed by atoms with Crippen LogP contribution in [-0.2, 0) is 28.3 Å². The second-order valence-corrected chi connectivity index (χ2v) is 6.76. The molecule has 156 valence electrons. The number of carbonyl (C=O) groups is 1. The Morgan fingerprint density at radius 2 is 1.52 bits per heavy atom. The molecule has 0 aromatic heterocycles. The Hall–Kier alpha value is -2.55. The number of halogens is 6. The Balaban J connectivity index is 1.83. The van der Waals surface area contributed by atoms with E-state index in [1.165, 1.54) is 0 Å². The van der Waals surface area contributed by atoms with Crippen LogP contribution in [0.5, 0.6) is 0 Å². The smallest absolute Gasteiger partial charge is 0.366 e. The first-order valence-corrected chi connectivity index (χ1v) is 8.78. The molecule has 9 heteroatoms. The fourth-order valence-corrected chi connectivity index (χ4v) is 3.27. The maximum atomic E-state index is 13.0. The predicted molar refractivity (Wildman–Crippen MR) is 91.8 cm³/mol. The molecule has 1 saturated heterocycles. The first kappa shape index (κ1) is 21.2. The van der Waals surface area contributed by atoms with Crippen LogP contribution in [0.3, 0.4) is 0 Å². The lowest BCUT2D eigenvalue weighted by Gasteiger charge is -2.33. The molecule has 1 fully saturated rings. The maximum Gasteiger partial charge on any atom is 0.416 e. The minimum atomic E-state index is -4.89. The van der Waals surface area contributed by atoms with Crippen LogP contribution in [0.4, 0.5) is 26.3 Å². The zero-order valence-corrected chi connectivity index (χ0v) is 15.0. The molecule has 0 bridgehead atoms. The Bertz CT molecular complexity index is 831. The zero-order chi connectivity index (χ0) is 21.2. The highest BCUT2D eigenvalue weighted by atomic mass is 19.4. The number of rotatable bonds is 4. The van der Waals surface area contributed by atoms with Gasteiger partial charge in [-0.2, -0.15) is 26.3 Å². The predicted octanol–water partition coefficient (Wildman–Crippen LogP) is 4.91. The molecule has 1 N–H and O–H groups in total. The fourth-order valence-electron chi connectivity index (χ4n) is 3.27. The van der Waals surface area contributed by atoms with Crippen LogP contribution < -0.4 is 5.32 Å². The number of benzene rings is 2. The van der Waals surface area contributed by atoms with Crippen molar-refractivity contribution < 1.29 is 35.9 Å². The average Bonchev–Trinajstić information content (AvgIpc) is 2.66. The lowest BCUT2D eigenvalue weighted by atomic mass is 9.94. The molecule has 3 nitrogen and oxygen atoms in total. The molecule has 1 heterocycles. The highest BCUT2D eigenvalue weighted by Gasteiger charge is 2.37. The normalized spacial score (nSPS) is 20.4. The summed E-state index contributed by atoms with van der Waals surface area (Å²) in [6.45, 7) is -0.218. The third-order valence-electron chi connectivity index (χ3n) is 4.64. The van der Waals surface area contributed by atoms with Crippen LogP contribution in [0.15, 0.2) is 48.5 Å². The Labute approximate surface area is 162 Å².